The van der Waals surface area contributed by atoms with E-state index in [2.05, 4.69) is 31.9 Å². The zero-order valence-corrected chi connectivity index (χ0v) is 9.67. The van der Waals surface area contributed by atoms with E-state index in [1.807, 2.05) is 0 Å². The molecule has 0 spiro atoms. The Kier molecular flexibility index (Phi) is 3.96. The van der Waals surface area contributed by atoms with Crippen LogP contribution in [0.4, 0.5) is 0 Å². The van der Waals surface area contributed by atoms with Crippen molar-refractivity contribution in [2.45, 2.75) is 20.8 Å². The second-order valence-corrected chi connectivity index (χ2v) is 5.89. The summed E-state index contributed by atoms with van der Waals surface area (Å²) in [6.45, 7) is 1.53. The van der Waals surface area contributed by atoms with Crippen molar-refractivity contribution in [3.63, 3.8) is 0 Å². The van der Waals surface area contributed by atoms with E-state index < -0.39 is 13.9 Å². The first-order valence-electron chi connectivity index (χ1n) is 2.35. The third-order valence-electron chi connectivity index (χ3n) is 0.924. The van der Waals surface area contributed by atoms with Crippen LogP contribution >= 0.6 is 55.1 Å². The molecule has 2 N–H and O–H groups in total. The molecule has 6 heteroatoms. The minimum Gasteiger partial charge on any atom is -0.355 e. The van der Waals surface area contributed by atoms with Gasteiger partial charge in [0, 0.05) is 0 Å². The average Bonchev–Trinajstić information content (AvgIpc) is 1.62. The molecule has 0 aromatic heterocycles. The predicted octanol–water partition coefficient (Wildman–Crippen LogP) is 1.98. The van der Waals surface area contributed by atoms with Crippen molar-refractivity contribution in [3.8, 4) is 0 Å². The zero-order chi connectivity index (χ0) is 8.58. The molecule has 0 aliphatic carbocycles. The summed E-state index contributed by atoms with van der Waals surface area (Å²) in [5.74, 6) is 0. The van der Waals surface area contributed by atoms with Gasteiger partial charge in [-0.05, 0) is 22.9 Å². The van der Waals surface area contributed by atoms with Crippen LogP contribution in [0.2, 0.25) is 0 Å². The lowest BCUT2D eigenvalue weighted by atomic mass is 10.3. The Labute approximate surface area is 85.8 Å². The van der Waals surface area contributed by atoms with Gasteiger partial charge in [-0.25, -0.2) is 0 Å². The topological polar surface area (TPSA) is 40.5 Å². The number of halogens is 4. The quantitative estimate of drug-likeness (QED) is 0.604. The van der Waals surface area contributed by atoms with E-state index in [0.29, 0.717) is 0 Å². The SMILES string of the molecule is CC(Cl)C(Cl)(Br)C(O)(O)Br. The molecule has 62 valence electrons. The van der Waals surface area contributed by atoms with E-state index in [-0.39, 0.29) is 0 Å². The van der Waals surface area contributed by atoms with E-state index in [4.69, 9.17) is 33.4 Å². The zero-order valence-electron chi connectivity index (χ0n) is 4.98. The number of alkyl halides is 4. The van der Waals surface area contributed by atoms with Crippen molar-refractivity contribution >= 4 is 55.1 Å². The monoisotopic (exact) mass is 314 g/mol. The van der Waals surface area contributed by atoms with Gasteiger partial charge < -0.3 is 10.2 Å². The lowest BCUT2D eigenvalue weighted by Crippen LogP contribution is -2.45. The summed E-state index contributed by atoms with van der Waals surface area (Å²) in [4.78, 5) is 0. The Bertz CT molecular complexity index is 121. The molecule has 2 nitrogen and oxygen atoms in total. The predicted molar refractivity (Wildman–Crippen MR) is 48.9 cm³/mol. The number of aliphatic hydroxyl groups is 2. The van der Waals surface area contributed by atoms with Gasteiger partial charge in [0.15, 0.2) is 3.78 Å². The Morgan fingerprint density at radius 3 is 1.70 bits per heavy atom. The summed E-state index contributed by atoms with van der Waals surface area (Å²) in [5, 5.41) is 17.2. The molecular formula is C4H6Br2Cl2O2. The van der Waals surface area contributed by atoms with Gasteiger partial charge in [-0.15, -0.1) is 11.6 Å². The van der Waals surface area contributed by atoms with Gasteiger partial charge in [-0.3, -0.25) is 0 Å². The maximum Gasteiger partial charge on any atom is 0.253 e. The lowest BCUT2D eigenvalue weighted by Gasteiger charge is -2.31. The first-order valence-corrected chi connectivity index (χ1v) is 4.75. The highest BCUT2D eigenvalue weighted by atomic mass is 79.9. The minimum absolute atomic E-state index is 0.636. The molecule has 0 aromatic carbocycles. The Balaban J connectivity index is 4.40. The van der Waals surface area contributed by atoms with Crippen molar-refractivity contribution in [1.29, 1.82) is 0 Å². The summed E-state index contributed by atoms with van der Waals surface area (Å²) in [6, 6.07) is 0. The first kappa shape index (κ1) is 11.5. The van der Waals surface area contributed by atoms with E-state index >= 15 is 0 Å². The summed E-state index contributed by atoms with van der Waals surface area (Å²) >= 11 is 16.5. The molecule has 0 saturated carbocycles. The summed E-state index contributed by atoms with van der Waals surface area (Å²) in [6.07, 6.45) is 0. The summed E-state index contributed by atoms with van der Waals surface area (Å²) in [5.41, 5.74) is 0. The van der Waals surface area contributed by atoms with Gasteiger partial charge in [0.2, 0.25) is 0 Å². The van der Waals surface area contributed by atoms with Gasteiger partial charge in [0.05, 0.1) is 5.38 Å². The van der Waals surface area contributed by atoms with Crippen LogP contribution in [0.25, 0.3) is 0 Å². The largest absolute Gasteiger partial charge is 0.355 e. The van der Waals surface area contributed by atoms with Crippen LogP contribution in [-0.4, -0.2) is 24.1 Å². The van der Waals surface area contributed by atoms with Crippen molar-refractivity contribution in [2.75, 3.05) is 0 Å². The van der Waals surface area contributed by atoms with Crippen LogP contribution in [0.3, 0.4) is 0 Å². The van der Waals surface area contributed by atoms with E-state index in [1.165, 1.54) is 6.92 Å². The molecule has 2 unspecified atom stereocenters. The van der Waals surface area contributed by atoms with Crippen LogP contribution in [0.5, 0.6) is 0 Å². The maximum atomic E-state index is 8.92. The molecule has 0 radical (unpaired) electrons. The smallest absolute Gasteiger partial charge is 0.253 e. The fraction of sp³-hybridized carbons (Fsp3) is 1.00. The maximum absolute atomic E-state index is 8.92. The van der Waals surface area contributed by atoms with Gasteiger partial charge >= 0.3 is 0 Å². The highest BCUT2D eigenvalue weighted by Gasteiger charge is 2.48. The van der Waals surface area contributed by atoms with Crippen LogP contribution in [0, 0.1) is 0 Å². The highest BCUT2D eigenvalue weighted by molar-refractivity contribution is 9.13. The van der Waals surface area contributed by atoms with Gasteiger partial charge in [-0.2, -0.15) is 0 Å². The molecule has 2 atom stereocenters. The lowest BCUT2D eigenvalue weighted by molar-refractivity contribution is -0.0766. The molecule has 0 fully saturated rings. The summed E-state index contributed by atoms with van der Waals surface area (Å²) < 4.78 is -3.70. The Hall–Kier alpha value is 1.46. The highest BCUT2D eigenvalue weighted by Crippen LogP contribution is 2.43. The van der Waals surface area contributed by atoms with Gasteiger partial charge in [-0.1, -0.05) is 27.5 Å². The van der Waals surface area contributed by atoms with E-state index in [1.54, 1.807) is 0 Å². The summed E-state index contributed by atoms with van der Waals surface area (Å²) in [7, 11) is 0. The van der Waals surface area contributed by atoms with Crippen LogP contribution in [0.15, 0.2) is 0 Å². The second-order valence-electron chi connectivity index (χ2n) is 1.83. The van der Waals surface area contributed by atoms with Crippen LogP contribution in [0.1, 0.15) is 6.92 Å². The van der Waals surface area contributed by atoms with Crippen molar-refractivity contribution < 1.29 is 10.2 Å². The fourth-order valence-corrected chi connectivity index (χ4v) is 0.880. The number of hydrogen-bond acceptors (Lipinski definition) is 2. The minimum atomic E-state index is -2.22. The molecule has 0 rings (SSSR count). The third-order valence-corrected chi connectivity index (χ3v) is 4.84. The molecular weight excluding hydrogens is 311 g/mol. The standard InChI is InChI=1S/C4H6Br2Cl2O2/c1-2(7)3(5,8)4(6,9)10/h2,9-10H,1H3. The molecule has 0 aliphatic heterocycles. The van der Waals surface area contributed by atoms with Crippen LogP contribution in [-0.2, 0) is 0 Å². The van der Waals surface area contributed by atoms with Crippen LogP contribution < -0.4 is 0 Å². The molecule has 0 amide bonds. The second kappa shape index (κ2) is 3.46. The van der Waals surface area contributed by atoms with Crippen molar-refractivity contribution in [1.82, 2.24) is 0 Å². The average molecular weight is 317 g/mol. The molecule has 0 heterocycles. The molecule has 0 saturated heterocycles. The van der Waals surface area contributed by atoms with Crippen molar-refractivity contribution in [2.24, 2.45) is 0 Å². The number of hydrogen-bond donors (Lipinski definition) is 2. The van der Waals surface area contributed by atoms with E-state index in [0.717, 1.165) is 0 Å². The fourth-order valence-electron chi connectivity index (χ4n) is 0.253. The molecule has 10 heavy (non-hydrogen) atoms. The van der Waals surface area contributed by atoms with Gasteiger partial charge in [0.1, 0.15) is 0 Å². The van der Waals surface area contributed by atoms with Gasteiger partial charge in [0.25, 0.3) is 4.70 Å². The normalized spacial score (nSPS) is 21.9. The molecule has 0 bridgehead atoms. The first-order chi connectivity index (χ1) is 4.19. The molecule has 0 aromatic rings. The van der Waals surface area contributed by atoms with E-state index in [9.17, 15) is 0 Å². The van der Waals surface area contributed by atoms with Crippen molar-refractivity contribution in [3.05, 3.63) is 0 Å². The Morgan fingerprint density at radius 1 is 1.40 bits per heavy atom. The third kappa shape index (κ3) is 2.50. The Morgan fingerprint density at radius 2 is 1.70 bits per heavy atom. The number of rotatable bonds is 2. The molecule has 0 aliphatic rings.